The number of hydrogen-bond donors (Lipinski definition) is 1. The molecule has 30 heavy (non-hydrogen) atoms. The van der Waals surface area contributed by atoms with Crippen molar-refractivity contribution in [3.05, 3.63) is 34.9 Å². The van der Waals surface area contributed by atoms with Crippen LogP contribution in [0.2, 0.25) is 0 Å². The Kier molecular flexibility index (Phi) is 6.58. The number of esters is 1. The molecule has 1 aromatic carbocycles. The van der Waals surface area contributed by atoms with Crippen LogP contribution in [-0.4, -0.2) is 47.3 Å². The van der Waals surface area contributed by atoms with E-state index in [0.717, 1.165) is 41.7 Å². The number of benzene rings is 1. The topological polar surface area (TPSA) is 92.8 Å². The van der Waals surface area contributed by atoms with Gasteiger partial charge in [-0.2, -0.15) is 0 Å². The largest absolute Gasteiger partial charge is 0.456 e. The molecule has 2 aliphatic rings. The lowest BCUT2D eigenvalue weighted by Gasteiger charge is -2.36. The van der Waals surface area contributed by atoms with E-state index in [9.17, 15) is 19.2 Å². The average Bonchev–Trinajstić information content (AvgIpc) is 2.98. The molecule has 0 aromatic heterocycles. The number of aryl methyl sites for hydroxylation is 2. The Bertz CT molecular complexity index is 865. The maximum Gasteiger partial charge on any atom is 0.326 e. The van der Waals surface area contributed by atoms with Crippen LogP contribution in [0, 0.1) is 5.92 Å². The van der Waals surface area contributed by atoms with Gasteiger partial charge in [-0.1, -0.05) is 45.7 Å². The van der Waals surface area contributed by atoms with Crippen molar-refractivity contribution >= 4 is 23.7 Å². The third-order valence-electron chi connectivity index (χ3n) is 6.42. The van der Waals surface area contributed by atoms with Gasteiger partial charge >= 0.3 is 12.0 Å². The molecule has 1 aromatic rings. The van der Waals surface area contributed by atoms with Crippen molar-refractivity contribution in [1.29, 1.82) is 0 Å². The number of nitrogens with one attached hydrogen (secondary N) is 1. The van der Waals surface area contributed by atoms with Crippen LogP contribution in [0.25, 0.3) is 0 Å². The molecule has 1 aliphatic carbocycles. The summed E-state index contributed by atoms with van der Waals surface area (Å²) >= 11 is 0. The van der Waals surface area contributed by atoms with Crippen LogP contribution in [0.3, 0.4) is 0 Å². The molecule has 3 amide bonds. The number of carbonyl (C=O) groups is 4. The molecule has 2 fully saturated rings. The molecule has 0 unspecified atom stereocenters. The van der Waals surface area contributed by atoms with Crippen molar-refractivity contribution in [2.75, 3.05) is 13.2 Å². The van der Waals surface area contributed by atoms with Crippen LogP contribution in [0.5, 0.6) is 0 Å². The van der Waals surface area contributed by atoms with E-state index in [4.69, 9.17) is 4.74 Å². The van der Waals surface area contributed by atoms with Gasteiger partial charge in [-0.05, 0) is 48.8 Å². The summed E-state index contributed by atoms with van der Waals surface area (Å²) in [7, 11) is 0. The molecule has 0 radical (unpaired) electrons. The fourth-order valence-corrected chi connectivity index (χ4v) is 4.45. The van der Waals surface area contributed by atoms with Crippen LogP contribution in [-0.2, 0) is 27.2 Å². The van der Waals surface area contributed by atoms with E-state index in [1.54, 1.807) is 0 Å². The number of urea groups is 1. The molecular formula is C23H30N2O5. The molecule has 162 valence electrons. The first kappa shape index (κ1) is 22.0. The van der Waals surface area contributed by atoms with E-state index in [2.05, 4.69) is 5.32 Å². The lowest BCUT2D eigenvalue weighted by Crippen LogP contribution is -2.54. The van der Waals surface area contributed by atoms with Gasteiger partial charge in [-0.15, -0.1) is 0 Å². The third kappa shape index (κ3) is 4.11. The molecule has 7 nitrogen and oxygen atoms in total. The van der Waals surface area contributed by atoms with Gasteiger partial charge in [0, 0.05) is 5.56 Å². The summed E-state index contributed by atoms with van der Waals surface area (Å²) in [5.41, 5.74) is 1.57. The standard InChI is InChI=1S/C23H30N2O5/c1-4-16-9-10-17(5-2)18(12-16)19(26)14-30-20(27)13-25-21(28)23(24-22(25)29)11-7-6-8-15(23)3/h9-10,12,15H,4-8,11,13-14H2,1-3H3,(H,24,29)/t15-,23+/m0/s1. The second kappa shape index (κ2) is 8.98. The molecule has 1 spiro atoms. The maximum absolute atomic E-state index is 12.9. The minimum absolute atomic E-state index is 0.0172. The van der Waals surface area contributed by atoms with E-state index in [-0.39, 0.29) is 17.6 Å². The number of hydrogen-bond acceptors (Lipinski definition) is 5. The van der Waals surface area contributed by atoms with Gasteiger partial charge < -0.3 is 10.1 Å². The molecule has 7 heteroatoms. The third-order valence-corrected chi connectivity index (χ3v) is 6.42. The van der Waals surface area contributed by atoms with Gasteiger partial charge in [0.2, 0.25) is 5.78 Å². The Morgan fingerprint density at radius 1 is 1.20 bits per heavy atom. The van der Waals surface area contributed by atoms with E-state index < -0.39 is 30.7 Å². The fourth-order valence-electron chi connectivity index (χ4n) is 4.45. The van der Waals surface area contributed by atoms with E-state index in [1.165, 1.54) is 0 Å². The molecule has 1 saturated heterocycles. The lowest BCUT2D eigenvalue weighted by atomic mass is 9.73. The molecule has 1 saturated carbocycles. The van der Waals surface area contributed by atoms with E-state index in [1.807, 2.05) is 39.0 Å². The van der Waals surface area contributed by atoms with E-state index >= 15 is 0 Å². The van der Waals surface area contributed by atoms with Crippen LogP contribution in [0.15, 0.2) is 18.2 Å². The zero-order chi connectivity index (χ0) is 21.9. The highest BCUT2D eigenvalue weighted by Crippen LogP contribution is 2.38. The number of ketones is 1. The molecular weight excluding hydrogens is 384 g/mol. The normalized spacial score (nSPS) is 23.6. The van der Waals surface area contributed by atoms with Gasteiger partial charge in [0.1, 0.15) is 12.1 Å². The number of carbonyl (C=O) groups excluding carboxylic acids is 4. The first-order valence-corrected chi connectivity index (χ1v) is 10.8. The predicted molar refractivity (Wildman–Crippen MR) is 111 cm³/mol. The SMILES string of the molecule is CCc1ccc(CC)c(C(=O)COC(=O)CN2C(=O)N[C@@]3(CCCC[C@@H]3C)C2=O)c1. The first-order chi connectivity index (χ1) is 14.3. The lowest BCUT2D eigenvalue weighted by molar-refractivity contribution is -0.147. The van der Waals surface area contributed by atoms with Gasteiger partial charge in [-0.3, -0.25) is 19.3 Å². The maximum atomic E-state index is 12.9. The Morgan fingerprint density at radius 2 is 1.97 bits per heavy atom. The molecule has 1 heterocycles. The number of amides is 3. The summed E-state index contributed by atoms with van der Waals surface area (Å²) in [4.78, 5) is 51.1. The summed E-state index contributed by atoms with van der Waals surface area (Å²) < 4.78 is 5.13. The molecule has 3 rings (SSSR count). The molecule has 2 atom stereocenters. The molecule has 0 bridgehead atoms. The highest BCUT2D eigenvalue weighted by Gasteiger charge is 2.55. The van der Waals surface area contributed by atoms with Crippen molar-refractivity contribution in [3.8, 4) is 0 Å². The molecule has 1 aliphatic heterocycles. The Morgan fingerprint density at radius 3 is 2.63 bits per heavy atom. The highest BCUT2D eigenvalue weighted by atomic mass is 16.5. The van der Waals surface area contributed by atoms with Crippen LogP contribution in [0.1, 0.15) is 67.9 Å². The van der Waals surface area contributed by atoms with Crippen molar-refractivity contribution in [1.82, 2.24) is 10.2 Å². The van der Waals surface area contributed by atoms with E-state index in [0.29, 0.717) is 18.4 Å². The Balaban J connectivity index is 1.62. The summed E-state index contributed by atoms with van der Waals surface area (Å²) in [6, 6.07) is 5.18. The van der Waals surface area contributed by atoms with Gasteiger partial charge in [0.25, 0.3) is 5.91 Å². The highest BCUT2D eigenvalue weighted by molar-refractivity contribution is 6.09. The summed E-state index contributed by atoms with van der Waals surface area (Å²) in [5, 5.41) is 2.81. The number of nitrogens with zero attached hydrogens (tertiary/aromatic N) is 1. The number of ether oxygens (including phenoxy) is 1. The number of imide groups is 1. The van der Waals surface area contributed by atoms with Crippen molar-refractivity contribution in [2.24, 2.45) is 5.92 Å². The van der Waals surface area contributed by atoms with Crippen LogP contribution < -0.4 is 5.32 Å². The van der Waals surface area contributed by atoms with Crippen LogP contribution in [0.4, 0.5) is 4.79 Å². The second-order valence-corrected chi connectivity index (χ2v) is 8.22. The Labute approximate surface area is 177 Å². The summed E-state index contributed by atoms with van der Waals surface area (Å²) in [6.45, 7) is 5.02. The zero-order valence-corrected chi connectivity index (χ0v) is 18.0. The Hall–Kier alpha value is -2.70. The minimum atomic E-state index is -0.915. The monoisotopic (exact) mass is 414 g/mol. The average molecular weight is 415 g/mol. The second-order valence-electron chi connectivity index (χ2n) is 8.22. The van der Waals surface area contributed by atoms with Crippen molar-refractivity contribution < 1.29 is 23.9 Å². The van der Waals surface area contributed by atoms with Crippen molar-refractivity contribution in [2.45, 2.75) is 64.8 Å². The summed E-state index contributed by atoms with van der Waals surface area (Å²) in [6.07, 6.45) is 4.82. The fraction of sp³-hybridized carbons (Fsp3) is 0.565. The minimum Gasteiger partial charge on any atom is -0.456 e. The number of rotatable bonds is 7. The summed E-state index contributed by atoms with van der Waals surface area (Å²) in [5.74, 6) is -1.40. The first-order valence-electron chi connectivity index (χ1n) is 10.8. The van der Waals surface area contributed by atoms with Crippen molar-refractivity contribution in [3.63, 3.8) is 0 Å². The van der Waals surface area contributed by atoms with Crippen LogP contribution >= 0.6 is 0 Å². The predicted octanol–water partition coefficient (Wildman–Crippen LogP) is 3.04. The zero-order valence-electron chi connectivity index (χ0n) is 18.0. The van der Waals surface area contributed by atoms with Gasteiger partial charge in [0.05, 0.1) is 0 Å². The molecule has 1 N–H and O–H groups in total. The van der Waals surface area contributed by atoms with Gasteiger partial charge in [-0.25, -0.2) is 4.79 Å². The quantitative estimate of drug-likeness (QED) is 0.421. The number of Topliss-reactive ketones (excluding diaryl/α,β-unsaturated/α-hetero) is 1. The smallest absolute Gasteiger partial charge is 0.326 e. The van der Waals surface area contributed by atoms with Gasteiger partial charge in [0.15, 0.2) is 6.61 Å².